The summed E-state index contributed by atoms with van der Waals surface area (Å²) in [5, 5.41) is 0.0789. The average Bonchev–Trinajstić information content (AvgIpc) is 2.27. The Balaban J connectivity index is 2.28. The molecule has 0 bridgehead atoms. The first-order chi connectivity index (χ1) is 7.66. The zero-order valence-electron chi connectivity index (χ0n) is 8.41. The molecule has 0 atom stereocenters. The molecule has 0 aliphatic heterocycles. The third-order valence-corrected chi connectivity index (χ3v) is 2.40. The highest BCUT2D eigenvalue weighted by Crippen LogP contribution is 2.27. The van der Waals surface area contributed by atoms with Crippen LogP contribution in [0.1, 0.15) is 5.56 Å². The third-order valence-electron chi connectivity index (χ3n) is 2.09. The number of para-hydroxylation sites is 1. The van der Waals surface area contributed by atoms with Crippen LogP contribution in [0.2, 0.25) is 5.02 Å². The van der Waals surface area contributed by atoms with E-state index in [9.17, 15) is 4.39 Å². The fraction of sp³-hybridized carbons (Fsp3) is 0. The molecule has 0 unspecified atom stereocenters. The first kappa shape index (κ1) is 11.0. The SMILES string of the molecule is [CH2]c1ccccc1Oc1ccc(Cl)c(F)c1. The molecule has 1 nitrogen and oxygen atoms in total. The molecule has 3 heteroatoms. The minimum absolute atomic E-state index is 0.0789. The fourth-order valence-corrected chi connectivity index (χ4v) is 1.39. The Morgan fingerprint density at radius 3 is 2.56 bits per heavy atom. The second-order valence-electron chi connectivity index (χ2n) is 3.29. The smallest absolute Gasteiger partial charge is 0.145 e. The van der Waals surface area contributed by atoms with Crippen LogP contribution in [0.3, 0.4) is 0 Å². The van der Waals surface area contributed by atoms with Gasteiger partial charge in [-0.15, -0.1) is 0 Å². The van der Waals surface area contributed by atoms with Gasteiger partial charge in [0.25, 0.3) is 0 Å². The summed E-state index contributed by atoms with van der Waals surface area (Å²) in [6.45, 7) is 3.81. The monoisotopic (exact) mass is 235 g/mol. The van der Waals surface area contributed by atoms with Crippen LogP contribution in [0.4, 0.5) is 4.39 Å². The van der Waals surface area contributed by atoms with E-state index in [0.717, 1.165) is 5.56 Å². The standard InChI is InChI=1S/C13H9ClFO/c1-9-4-2-3-5-13(9)16-10-6-7-11(14)12(15)8-10/h2-8H,1H2. The Kier molecular flexibility index (Phi) is 3.11. The molecule has 2 aromatic carbocycles. The van der Waals surface area contributed by atoms with Crippen LogP contribution < -0.4 is 4.74 Å². The van der Waals surface area contributed by atoms with E-state index in [1.807, 2.05) is 18.2 Å². The molecule has 0 saturated heterocycles. The summed E-state index contributed by atoms with van der Waals surface area (Å²) >= 11 is 5.57. The lowest BCUT2D eigenvalue weighted by Crippen LogP contribution is -1.88. The van der Waals surface area contributed by atoms with Gasteiger partial charge in [-0.25, -0.2) is 4.39 Å². The Morgan fingerprint density at radius 1 is 1.12 bits per heavy atom. The predicted molar refractivity (Wildman–Crippen MR) is 62.4 cm³/mol. The molecule has 16 heavy (non-hydrogen) atoms. The van der Waals surface area contributed by atoms with Crippen molar-refractivity contribution < 1.29 is 9.13 Å². The van der Waals surface area contributed by atoms with E-state index in [-0.39, 0.29) is 5.02 Å². The van der Waals surface area contributed by atoms with Gasteiger partial charge in [-0.2, -0.15) is 0 Å². The van der Waals surface area contributed by atoms with Crippen molar-refractivity contribution in [3.63, 3.8) is 0 Å². The van der Waals surface area contributed by atoms with Gasteiger partial charge in [-0.3, -0.25) is 0 Å². The highest BCUT2D eigenvalue weighted by atomic mass is 35.5. The molecular weight excluding hydrogens is 227 g/mol. The quantitative estimate of drug-likeness (QED) is 0.747. The van der Waals surface area contributed by atoms with Crippen LogP contribution in [0, 0.1) is 12.7 Å². The van der Waals surface area contributed by atoms with Gasteiger partial charge in [0.1, 0.15) is 17.3 Å². The zero-order chi connectivity index (χ0) is 11.5. The number of rotatable bonds is 2. The van der Waals surface area contributed by atoms with E-state index in [4.69, 9.17) is 16.3 Å². The number of halogens is 2. The summed E-state index contributed by atoms with van der Waals surface area (Å²) in [4.78, 5) is 0. The molecule has 0 N–H and O–H groups in total. The molecule has 1 radical (unpaired) electrons. The van der Waals surface area contributed by atoms with Gasteiger partial charge in [0, 0.05) is 6.07 Å². The molecule has 0 aliphatic rings. The van der Waals surface area contributed by atoms with Gasteiger partial charge in [0.15, 0.2) is 0 Å². The van der Waals surface area contributed by atoms with Crippen molar-refractivity contribution in [3.05, 3.63) is 65.8 Å². The van der Waals surface area contributed by atoms with Crippen LogP contribution >= 0.6 is 11.6 Å². The van der Waals surface area contributed by atoms with Gasteiger partial charge in [0.2, 0.25) is 0 Å². The topological polar surface area (TPSA) is 9.23 Å². The molecule has 0 saturated carbocycles. The van der Waals surface area contributed by atoms with Crippen molar-refractivity contribution >= 4 is 11.6 Å². The molecule has 0 aliphatic carbocycles. The van der Waals surface area contributed by atoms with Crippen molar-refractivity contribution in [1.29, 1.82) is 0 Å². The molecule has 0 heterocycles. The molecule has 2 aromatic rings. The maximum absolute atomic E-state index is 13.2. The lowest BCUT2D eigenvalue weighted by atomic mass is 10.2. The first-order valence-corrected chi connectivity index (χ1v) is 5.08. The van der Waals surface area contributed by atoms with Gasteiger partial charge in [0.05, 0.1) is 5.02 Å². The number of ether oxygens (including phenoxy) is 1. The first-order valence-electron chi connectivity index (χ1n) is 4.71. The van der Waals surface area contributed by atoms with Crippen LogP contribution in [-0.4, -0.2) is 0 Å². The van der Waals surface area contributed by atoms with Gasteiger partial charge in [-0.05, 0) is 30.7 Å². The molecular formula is C13H9ClFO. The highest BCUT2D eigenvalue weighted by Gasteiger charge is 2.04. The van der Waals surface area contributed by atoms with Crippen LogP contribution in [0.15, 0.2) is 42.5 Å². The third kappa shape index (κ3) is 2.34. The lowest BCUT2D eigenvalue weighted by Gasteiger charge is -2.08. The van der Waals surface area contributed by atoms with Gasteiger partial charge < -0.3 is 4.74 Å². The van der Waals surface area contributed by atoms with Crippen molar-refractivity contribution in [1.82, 2.24) is 0 Å². The Bertz CT molecular complexity index is 511. The van der Waals surface area contributed by atoms with E-state index in [1.54, 1.807) is 12.1 Å². The van der Waals surface area contributed by atoms with Crippen LogP contribution in [-0.2, 0) is 0 Å². The average molecular weight is 236 g/mol. The van der Waals surface area contributed by atoms with Crippen molar-refractivity contribution in [2.24, 2.45) is 0 Å². The second kappa shape index (κ2) is 4.54. The number of hydrogen-bond acceptors (Lipinski definition) is 1. The minimum atomic E-state index is -0.499. The molecule has 2 rings (SSSR count). The second-order valence-corrected chi connectivity index (χ2v) is 3.69. The van der Waals surface area contributed by atoms with Crippen molar-refractivity contribution in [3.8, 4) is 11.5 Å². The van der Waals surface area contributed by atoms with Crippen LogP contribution in [0.25, 0.3) is 0 Å². The molecule has 0 amide bonds. The molecule has 0 fully saturated rings. The fourth-order valence-electron chi connectivity index (χ4n) is 1.27. The Hall–Kier alpha value is -1.54. The van der Waals surface area contributed by atoms with Gasteiger partial charge >= 0.3 is 0 Å². The zero-order valence-corrected chi connectivity index (χ0v) is 9.17. The largest absolute Gasteiger partial charge is 0.457 e. The van der Waals surface area contributed by atoms with E-state index in [0.29, 0.717) is 11.5 Å². The lowest BCUT2D eigenvalue weighted by molar-refractivity contribution is 0.475. The predicted octanol–water partition coefficient (Wildman–Crippen LogP) is 4.45. The number of benzene rings is 2. The Morgan fingerprint density at radius 2 is 1.88 bits per heavy atom. The molecule has 81 valence electrons. The summed E-state index contributed by atoms with van der Waals surface area (Å²) in [6.07, 6.45) is 0. The molecule has 0 spiro atoms. The summed E-state index contributed by atoms with van der Waals surface area (Å²) < 4.78 is 18.6. The summed E-state index contributed by atoms with van der Waals surface area (Å²) in [6, 6.07) is 11.6. The minimum Gasteiger partial charge on any atom is -0.457 e. The van der Waals surface area contributed by atoms with Crippen molar-refractivity contribution in [2.75, 3.05) is 0 Å². The summed E-state index contributed by atoms with van der Waals surface area (Å²) in [5.74, 6) is 0.503. The van der Waals surface area contributed by atoms with E-state index in [2.05, 4.69) is 6.92 Å². The maximum Gasteiger partial charge on any atom is 0.145 e. The number of hydrogen-bond donors (Lipinski definition) is 0. The highest BCUT2D eigenvalue weighted by molar-refractivity contribution is 6.30. The maximum atomic E-state index is 13.2. The van der Waals surface area contributed by atoms with E-state index < -0.39 is 5.82 Å². The normalized spacial score (nSPS) is 10.2. The van der Waals surface area contributed by atoms with E-state index in [1.165, 1.54) is 12.1 Å². The van der Waals surface area contributed by atoms with E-state index >= 15 is 0 Å². The van der Waals surface area contributed by atoms with Crippen LogP contribution in [0.5, 0.6) is 11.5 Å². The summed E-state index contributed by atoms with van der Waals surface area (Å²) in [7, 11) is 0. The summed E-state index contributed by atoms with van der Waals surface area (Å²) in [5.41, 5.74) is 0.748. The molecule has 0 aromatic heterocycles. The van der Waals surface area contributed by atoms with Gasteiger partial charge in [-0.1, -0.05) is 29.8 Å². The Labute approximate surface area is 98.4 Å². The van der Waals surface area contributed by atoms with Crippen molar-refractivity contribution in [2.45, 2.75) is 0 Å².